The largest absolute Gasteiger partial charge is 0.480 e. The fraction of sp³-hybridized carbons (Fsp3) is 0.479. The summed E-state index contributed by atoms with van der Waals surface area (Å²) < 4.78 is 174. The summed E-state index contributed by atoms with van der Waals surface area (Å²) in [6.45, 7) is 4.44. The van der Waals surface area contributed by atoms with Gasteiger partial charge in [0, 0.05) is 29.6 Å². The van der Waals surface area contributed by atoms with Crippen LogP contribution in [0.2, 0.25) is 0 Å². The van der Waals surface area contributed by atoms with Gasteiger partial charge in [0.25, 0.3) is 0 Å². The van der Waals surface area contributed by atoms with E-state index in [1.165, 1.54) is 26.7 Å². The van der Waals surface area contributed by atoms with Crippen LogP contribution >= 0.6 is 0 Å². The molecular weight excluding hydrogens is 929 g/mol. The SMILES string of the molecule is C1CCOC1.C[C@@H](OCC1(c2ccccc2)CC(N)(C(=O)O)C1)c1cc(C(F)(F)F)cc(C(F)(F)F)c1.C[C@@H](OCC1(c2ccccc2)CC(N)(CO)C1)c1cc(C(F)(F)F)cc(C(F)(F)F)c1. The Morgan fingerprint density at radius 1 is 0.588 bits per heavy atom. The predicted molar refractivity (Wildman–Crippen MR) is 225 cm³/mol. The number of halogens is 12. The van der Waals surface area contributed by atoms with Gasteiger partial charge in [-0.3, -0.25) is 4.79 Å². The van der Waals surface area contributed by atoms with Crippen LogP contribution in [0.3, 0.4) is 0 Å². The number of aliphatic carboxylic acids is 1. The van der Waals surface area contributed by atoms with Crippen molar-refractivity contribution in [1.29, 1.82) is 0 Å². The molecule has 2 saturated carbocycles. The summed E-state index contributed by atoms with van der Waals surface area (Å²) in [5, 5.41) is 18.9. The molecule has 0 unspecified atom stereocenters. The highest BCUT2D eigenvalue weighted by molar-refractivity contribution is 5.81. The van der Waals surface area contributed by atoms with Crippen molar-refractivity contribution in [3.63, 3.8) is 0 Å². The molecule has 0 aromatic heterocycles. The van der Waals surface area contributed by atoms with Gasteiger partial charge in [-0.05, 0) is 111 Å². The lowest BCUT2D eigenvalue weighted by Crippen LogP contribution is -2.66. The topological polar surface area (TPSA) is 137 Å². The molecule has 7 rings (SSSR count). The summed E-state index contributed by atoms with van der Waals surface area (Å²) in [4.78, 5) is 11.5. The lowest BCUT2D eigenvalue weighted by atomic mass is 9.55. The lowest BCUT2D eigenvalue weighted by Gasteiger charge is -2.54. The minimum absolute atomic E-state index is 0.0163. The Morgan fingerprint density at radius 2 is 0.912 bits per heavy atom. The number of hydrogen-bond acceptors (Lipinski definition) is 7. The Morgan fingerprint density at radius 3 is 1.18 bits per heavy atom. The molecule has 4 aromatic rings. The van der Waals surface area contributed by atoms with Crippen molar-refractivity contribution >= 4 is 5.97 Å². The molecule has 2 atom stereocenters. The third-order valence-corrected chi connectivity index (χ3v) is 12.4. The number of carboxylic acids is 1. The molecular formula is C48H52F12N2O6. The van der Waals surface area contributed by atoms with Crippen molar-refractivity contribution in [2.75, 3.05) is 33.0 Å². The molecule has 0 bridgehead atoms. The zero-order valence-electron chi connectivity index (χ0n) is 36.9. The molecule has 2 aliphatic carbocycles. The summed E-state index contributed by atoms with van der Waals surface area (Å²) in [6, 6.07) is 20.7. The zero-order chi connectivity index (χ0) is 50.6. The van der Waals surface area contributed by atoms with E-state index in [-0.39, 0.29) is 55.9 Å². The molecule has 20 heteroatoms. The molecule has 0 spiro atoms. The van der Waals surface area contributed by atoms with Gasteiger partial charge in [0.1, 0.15) is 5.54 Å². The van der Waals surface area contributed by atoms with Gasteiger partial charge in [0.2, 0.25) is 0 Å². The second-order valence-electron chi connectivity index (χ2n) is 17.9. The van der Waals surface area contributed by atoms with Gasteiger partial charge >= 0.3 is 30.7 Å². The van der Waals surface area contributed by atoms with Gasteiger partial charge in [-0.1, -0.05) is 60.7 Å². The fourth-order valence-corrected chi connectivity index (χ4v) is 8.78. The van der Waals surface area contributed by atoms with Crippen LogP contribution in [0.5, 0.6) is 0 Å². The summed E-state index contributed by atoms with van der Waals surface area (Å²) in [5.41, 5.74) is 3.83. The first-order valence-electron chi connectivity index (χ1n) is 21.4. The van der Waals surface area contributed by atoms with Crippen LogP contribution in [-0.2, 0) is 54.5 Å². The molecule has 0 radical (unpaired) electrons. The summed E-state index contributed by atoms with van der Waals surface area (Å²) in [7, 11) is 0. The Kier molecular flexibility index (Phi) is 16.5. The molecule has 6 N–H and O–H groups in total. The summed E-state index contributed by atoms with van der Waals surface area (Å²) in [5.74, 6) is -1.19. The van der Waals surface area contributed by atoms with Crippen LogP contribution in [0.25, 0.3) is 0 Å². The number of aliphatic hydroxyl groups is 1. The number of aliphatic hydroxyl groups excluding tert-OH is 1. The highest BCUT2D eigenvalue weighted by atomic mass is 19.4. The van der Waals surface area contributed by atoms with E-state index >= 15 is 0 Å². The van der Waals surface area contributed by atoms with E-state index in [0.717, 1.165) is 24.3 Å². The van der Waals surface area contributed by atoms with Crippen molar-refractivity contribution in [3.8, 4) is 0 Å². The third-order valence-electron chi connectivity index (χ3n) is 12.4. The second-order valence-corrected chi connectivity index (χ2v) is 17.9. The maximum absolute atomic E-state index is 13.1. The van der Waals surface area contributed by atoms with Crippen molar-refractivity contribution in [1.82, 2.24) is 0 Å². The minimum atomic E-state index is -4.96. The normalized spacial score (nSPS) is 24.8. The Hall–Kier alpha value is -4.73. The standard InChI is InChI=1S/C22H21F6NO3.C22H23F6NO2.C4H8O/c1-13(14-7-16(21(23,24)25)9-17(8-14)22(26,27)28)32-12-19(15-5-3-2-4-6-15)10-20(29,11-19)18(30)31;1-14(15-7-17(21(23,24)25)9-18(8-15)22(26,27)28)31-13-19(10-20(29,11-19)12-30)16-5-3-2-4-6-16;1-2-4-5-3-1/h2-9,13H,10-12,29H2,1H3,(H,30,31);2-9,14,30H,10-13,29H2,1H3;1-4H2/t13-,19?,20?;14-,19?,20?;/m11./s1. The number of carboxylic acid groups (broad SMARTS) is 1. The second kappa shape index (κ2) is 20.7. The molecule has 374 valence electrons. The summed E-state index contributed by atoms with van der Waals surface area (Å²) >= 11 is 0. The quantitative estimate of drug-likeness (QED) is 0.103. The smallest absolute Gasteiger partial charge is 0.416 e. The van der Waals surface area contributed by atoms with Gasteiger partial charge < -0.3 is 35.9 Å². The van der Waals surface area contributed by atoms with E-state index in [2.05, 4.69) is 0 Å². The first kappa shape index (κ1) is 54.2. The molecule has 68 heavy (non-hydrogen) atoms. The van der Waals surface area contributed by atoms with Crippen LogP contribution in [0.1, 0.15) is 109 Å². The van der Waals surface area contributed by atoms with Gasteiger partial charge in [-0.15, -0.1) is 0 Å². The molecule has 1 heterocycles. The number of ether oxygens (including phenoxy) is 3. The van der Waals surface area contributed by atoms with E-state index in [1.807, 2.05) is 30.3 Å². The highest BCUT2D eigenvalue weighted by Gasteiger charge is 2.58. The fourth-order valence-electron chi connectivity index (χ4n) is 8.78. The molecule has 4 aromatic carbocycles. The van der Waals surface area contributed by atoms with Crippen LogP contribution in [0, 0.1) is 0 Å². The molecule has 3 aliphatic rings. The van der Waals surface area contributed by atoms with Crippen LogP contribution in [0.15, 0.2) is 97.1 Å². The van der Waals surface area contributed by atoms with Gasteiger partial charge in [0.05, 0.1) is 54.3 Å². The molecule has 1 saturated heterocycles. The van der Waals surface area contributed by atoms with Crippen molar-refractivity contribution in [2.45, 2.75) is 111 Å². The van der Waals surface area contributed by atoms with E-state index in [4.69, 9.17) is 25.7 Å². The maximum atomic E-state index is 13.1. The van der Waals surface area contributed by atoms with Crippen LogP contribution in [-0.4, -0.2) is 60.3 Å². The zero-order valence-corrected chi connectivity index (χ0v) is 36.9. The van der Waals surface area contributed by atoms with E-state index in [9.17, 15) is 67.7 Å². The Labute approximate surface area is 384 Å². The van der Waals surface area contributed by atoms with E-state index in [0.29, 0.717) is 37.1 Å². The van der Waals surface area contributed by atoms with Crippen molar-refractivity contribution < 1.29 is 81.9 Å². The first-order chi connectivity index (χ1) is 31.4. The number of benzene rings is 4. The van der Waals surface area contributed by atoms with Gasteiger partial charge in [-0.2, -0.15) is 52.7 Å². The summed E-state index contributed by atoms with van der Waals surface area (Å²) in [6.07, 6.45) is -18.6. The van der Waals surface area contributed by atoms with Crippen molar-refractivity contribution in [3.05, 3.63) is 142 Å². The predicted octanol–water partition coefficient (Wildman–Crippen LogP) is 11.3. The van der Waals surface area contributed by atoms with Gasteiger partial charge in [0.15, 0.2) is 0 Å². The Bertz CT molecular complexity index is 2210. The van der Waals surface area contributed by atoms with Crippen LogP contribution < -0.4 is 11.5 Å². The van der Waals surface area contributed by atoms with E-state index in [1.54, 1.807) is 30.3 Å². The minimum Gasteiger partial charge on any atom is -0.480 e. The number of nitrogens with two attached hydrogens (primary N) is 2. The number of carbonyl (C=O) groups is 1. The maximum Gasteiger partial charge on any atom is 0.416 e. The number of rotatable bonds is 12. The highest BCUT2D eigenvalue weighted by Crippen LogP contribution is 2.51. The lowest BCUT2D eigenvalue weighted by molar-refractivity contribution is -0.152. The molecule has 3 fully saturated rings. The van der Waals surface area contributed by atoms with Crippen LogP contribution in [0.4, 0.5) is 52.7 Å². The number of alkyl halides is 12. The average molecular weight is 981 g/mol. The first-order valence-corrected chi connectivity index (χ1v) is 21.4. The van der Waals surface area contributed by atoms with E-state index < -0.39 is 87.0 Å². The Balaban J connectivity index is 0.000000230. The average Bonchev–Trinajstić information content (AvgIpc) is 3.86. The van der Waals surface area contributed by atoms with Gasteiger partial charge in [-0.25, -0.2) is 0 Å². The molecule has 0 amide bonds. The third kappa shape index (κ3) is 13.3. The monoisotopic (exact) mass is 980 g/mol. The van der Waals surface area contributed by atoms with Crippen molar-refractivity contribution in [2.24, 2.45) is 11.5 Å². The molecule has 1 aliphatic heterocycles. The molecule has 8 nitrogen and oxygen atoms in total. The number of hydrogen-bond donors (Lipinski definition) is 4.